The zero-order valence-electron chi connectivity index (χ0n) is 13.9. The van der Waals surface area contributed by atoms with E-state index in [0.29, 0.717) is 5.56 Å². The summed E-state index contributed by atoms with van der Waals surface area (Å²) in [5, 5.41) is 2.88. The third-order valence-corrected chi connectivity index (χ3v) is 6.23. The van der Waals surface area contributed by atoms with E-state index in [1.807, 2.05) is 0 Å². The second-order valence-electron chi connectivity index (χ2n) is 5.59. The molecule has 9 nitrogen and oxygen atoms in total. The Morgan fingerprint density at radius 2 is 1.81 bits per heavy atom. The predicted octanol–water partition coefficient (Wildman–Crippen LogP) is 1.41. The van der Waals surface area contributed by atoms with E-state index in [1.54, 1.807) is 25.1 Å². The molecule has 0 atom stereocenters. The van der Waals surface area contributed by atoms with Crippen LogP contribution in [0.25, 0.3) is 11.0 Å². The van der Waals surface area contributed by atoms with Gasteiger partial charge in [-0.2, -0.15) is 13.4 Å². The summed E-state index contributed by atoms with van der Waals surface area (Å²) in [6.07, 6.45) is 1.29. The van der Waals surface area contributed by atoms with Gasteiger partial charge in [-0.3, -0.25) is 4.55 Å². The number of aryl methyl sites for hydroxylation is 1. The molecule has 0 amide bonds. The first-order chi connectivity index (χ1) is 12.1. The standard InChI is InChI=1S/C15H16N4O5S2/c1-10-5-3-4-6-13(10)26(23,24)19-8-7-11-12(9-25(20,21)22)17-15(16-2)18-14(11)19/h3-8H,9H2,1-2H3,(H,16,17,18)(H,20,21,22). The topological polar surface area (TPSA) is 131 Å². The number of nitrogens with one attached hydrogen (secondary N) is 1. The van der Waals surface area contributed by atoms with Crippen LogP contribution in [0.5, 0.6) is 0 Å². The summed E-state index contributed by atoms with van der Waals surface area (Å²) in [6.45, 7) is 1.68. The van der Waals surface area contributed by atoms with Gasteiger partial charge in [-0.05, 0) is 24.6 Å². The van der Waals surface area contributed by atoms with E-state index in [0.717, 1.165) is 3.97 Å². The van der Waals surface area contributed by atoms with Gasteiger partial charge in [-0.1, -0.05) is 18.2 Å². The lowest BCUT2D eigenvalue weighted by atomic mass is 10.2. The third kappa shape index (κ3) is 3.28. The zero-order valence-corrected chi connectivity index (χ0v) is 15.5. The normalized spacial score (nSPS) is 12.4. The van der Waals surface area contributed by atoms with Crippen molar-refractivity contribution < 1.29 is 21.4 Å². The van der Waals surface area contributed by atoms with Gasteiger partial charge in [0.1, 0.15) is 5.75 Å². The molecule has 0 saturated heterocycles. The van der Waals surface area contributed by atoms with E-state index in [2.05, 4.69) is 15.3 Å². The SMILES string of the molecule is CNc1nc(CS(=O)(=O)O)c2ccn(S(=O)(=O)c3ccccc3C)c2n1. The lowest BCUT2D eigenvalue weighted by Gasteiger charge is -2.11. The fourth-order valence-electron chi connectivity index (χ4n) is 2.59. The lowest BCUT2D eigenvalue weighted by Crippen LogP contribution is -2.15. The zero-order chi connectivity index (χ0) is 19.1. The van der Waals surface area contributed by atoms with Crippen molar-refractivity contribution in [2.45, 2.75) is 17.6 Å². The third-order valence-electron chi connectivity index (χ3n) is 3.76. The summed E-state index contributed by atoms with van der Waals surface area (Å²) >= 11 is 0. The molecular weight excluding hydrogens is 380 g/mol. The van der Waals surface area contributed by atoms with Gasteiger partial charge in [0.25, 0.3) is 20.1 Å². The highest BCUT2D eigenvalue weighted by Gasteiger charge is 2.24. The maximum absolute atomic E-state index is 13.0. The fourth-order valence-corrected chi connectivity index (χ4v) is 4.69. The molecule has 26 heavy (non-hydrogen) atoms. The van der Waals surface area contributed by atoms with Crippen LogP contribution in [0.2, 0.25) is 0 Å². The molecule has 0 bridgehead atoms. The Kier molecular flexibility index (Phi) is 4.46. The van der Waals surface area contributed by atoms with E-state index < -0.39 is 25.9 Å². The van der Waals surface area contributed by atoms with Crippen LogP contribution in [0.1, 0.15) is 11.3 Å². The van der Waals surface area contributed by atoms with Gasteiger partial charge in [0.15, 0.2) is 5.65 Å². The van der Waals surface area contributed by atoms with E-state index in [-0.39, 0.29) is 27.6 Å². The van der Waals surface area contributed by atoms with Crippen LogP contribution in [-0.4, -0.2) is 42.4 Å². The molecule has 0 aliphatic heterocycles. The highest BCUT2D eigenvalue weighted by Crippen LogP contribution is 2.26. The second kappa shape index (κ2) is 6.34. The predicted molar refractivity (Wildman–Crippen MR) is 96.1 cm³/mol. The van der Waals surface area contributed by atoms with Crippen LogP contribution in [0, 0.1) is 6.92 Å². The minimum atomic E-state index is -4.36. The molecule has 2 heterocycles. The van der Waals surface area contributed by atoms with Crippen molar-refractivity contribution in [1.29, 1.82) is 0 Å². The van der Waals surface area contributed by atoms with Gasteiger partial charge >= 0.3 is 0 Å². The molecule has 0 fully saturated rings. The number of anilines is 1. The first-order valence-electron chi connectivity index (χ1n) is 7.45. The van der Waals surface area contributed by atoms with Gasteiger partial charge in [0.2, 0.25) is 5.95 Å². The minimum Gasteiger partial charge on any atom is -0.357 e. The largest absolute Gasteiger partial charge is 0.357 e. The number of aromatic nitrogens is 3. The van der Waals surface area contributed by atoms with E-state index >= 15 is 0 Å². The molecule has 0 aliphatic rings. The van der Waals surface area contributed by atoms with Crippen LogP contribution >= 0.6 is 0 Å². The quantitative estimate of drug-likeness (QED) is 0.619. The van der Waals surface area contributed by atoms with Gasteiger partial charge in [-0.15, -0.1) is 0 Å². The van der Waals surface area contributed by atoms with Crippen molar-refractivity contribution >= 4 is 37.1 Å². The molecule has 0 spiro atoms. The van der Waals surface area contributed by atoms with Gasteiger partial charge in [0, 0.05) is 18.6 Å². The average Bonchev–Trinajstić information content (AvgIpc) is 2.98. The minimum absolute atomic E-state index is 0.000540. The average molecular weight is 396 g/mol. The summed E-state index contributed by atoms with van der Waals surface area (Å²) in [6, 6.07) is 7.91. The summed E-state index contributed by atoms with van der Waals surface area (Å²) in [7, 11) is -6.79. The van der Waals surface area contributed by atoms with Gasteiger partial charge < -0.3 is 5.32 Å². The maximum atomic E-state index is 13.0. The Labute approximate surface area is 150 Å². The highest BCUT2D eigenvalue weighted by molar-refractivity contribution is 7.90. The summed E-state index contributed by atoms with van der Waals surface area (Å²) in [5.41, 5.74) is 0.585. The van der Waals surface area contributed by atoms with Crippen molar-refractivity contribution in [2.24, 2.45) is 0 Å². The number of hydrogen-bond donors (Lipinski definition) is 2. The Hall–Kier alpha value is -2.50. The Balaban J connectivity index is 2.29. The van der Waals surface area contributed by atoms with E-state index in [1.165, 1.54) is 25.4 Å². The Morgan fingerprint density at radius 1 is 1.12 bits per heavy atom. The van der Waals surface area contributed by atoms with Crippen molar-refractivity contribution in [1.82, 2.24) is 13.9 Å². The molecule has 0 radical (unpaired) electrons. The first kappa shape index (κ1) is 18.3. The highest BCUT2D eigenvalue weighted by atomic mass is 32.2. The second-order valence-corrected chi connectivity index (χ2v) is 8.83. The number of rotatable bonds is 5. The molecule has 0 unspecified atom stereocenters. The molecule has 3 rings (SSSR count). The number of benzene rings is 1. The molecule has 0 aliphatic carbocycles. The molecule has 0 saturated carbocycles. The fraction of sp³-hybridized carbons (Fsp3) is 0.200. The molecule has 3 aromatic rings. The summed E-state index contributed by atoms with van der Waals surface area (Å²) in [5.74, 6) is -0.717. The molecule has 2 aromatic heterocycles. The monoisotopic (exact) mass is 396 g/mol. The molecule has 1 aromatic carbocycles. The van der Waals surface area contributed by atoms with Gasteiger partial charge in [0.05, 0.1) is 10.6 Å². The number of hydrogen-bond acceptors (Lipinski definition) is 7. The number of nitrogens with zero attached hydrogens (tertiary/aromatic N) is 3. The van der Waals surface area contributed by atoms with E-state index in [4.69, 9.17) is 4.55 Å². The first-order valence-corrected chi connectivity index (χ1v) is 10.5. The van der Waals surface area contributed by atoms with E-state index in [9.17, 15) is 16.8 Å². The van der Waals surface area contributed by atoms with Crippen molar-refractivity contribution in [3.63, 3.8) is 0 Å². The van der Waals surface area contributed by atoms with Crippen LogP contribution in [0.15, 0.2) is 41.4 Å². The molecule has 11 heteroatoms. The molecule has 2 N–H and O–H groups in total. The van der Waals surface area contributed by atoms with Gasteiger partial charge in [-0.25, -0.2) is 17.4 Å². The maximum Gasteiger partial charge on any atom is 0.270 e. The summed E-state index contributed by atoms with van der Waals surface area (Å²) < 4.78 is 58.7. The van der Waals surface area contributed by atoms with Crippen molar-refractivity contribution in [2.75, 3.05) is 12.4 Å². The smallest absolute Gasteiger partial charge is 0.270 e. The van der Waals surface area contributed by atoms with Crippen LogP contribution in [-0.2, 0) is 25.9 Å². The van der Waals surface area contributed by atoms with Crippen molar-refractivity contribution in [3.05, 3.63) is 47.8 Å². The number of fused-ring (bicyclic) bond motifs is 1. The lowest BCUT2D eigenvalue weighted by molar-refractivity contribution is 0.481. The Bertz CT molecular complexity index is 1200. The summed E-state index contributed by atoms with van der Waals surface area (Å²) in [4.78, 5) is 8.28. The van der Waals surface area contributed by atoms with Crippen molar-refractivity contribution in [3.8, 4) is 0 Å². The Morgan fingerprint density at radius 3 is 2.42 bits per heavy atom. The molecular formula is C15H16N4O5S2. The molecule has 138 valence electrons. The van der Waals surface area contributed by atoms with Crippen LogP contribution in [0.3, 0.4) is 0 Å². The van der Waals surface area contributed by atoms with Crippen LogP contribution < -0.4 is 5.32 Å². The van der Waals surface area contributed by atoms with Crippen LogP contribution in [0.4, 0.5) is 5.95 Å².